The van der Waals surface area contributed by atoms with E-state index in [0.29, 0.717) is 53.0 Å². The average Bonchev–Trinajstić information content (AvgIpc) is 3.64. The predicted octanol–water partition coefficient (Wildman–Crippen LogP) is 4.20. The maximum atomic E-state index is 13.5. The third-order valence-corrected chi connectivity index (χ3v) is 9.15. The van der Waals surface area contributed by atoms with E-state index in [0.717, 1.165) is 49.9 Å². The summed E-state index contributed by atoms with van der Waals surface area (Å²) >= 11 is 0. The van der Waals surface area contributed by atoms with E-state index in [-0.39, 0.29) is 5.91 Å². The molecule has 1 aliphatic carbocycles. The minimum atomic E-state index is -1.11. The fourth-order valence-corrected chi connectivity index (χ4v) is 6.55. The van der Waals surface area contributed by atoms with Crippen molar-refractivity contribution in [1.29, 1.82) is 5.26 Å². The summed E-state index contributed by atoms with van der Waals surface area (Å²) in [5.41, 5.74) is 2.39. The number of carbonyl (C=O) groups excluding carboxylic acids is 1. The molecule has 2 aliphatic rings. The highest BCUT2D eigenvalue weighted by Crippen LogP contribution is 2.38. The summed E-state index contributed by atoms with van der Waals surface area (Å²) in [5.74, 6) is -0.337. The minimum absolute atomic E-state index is 0.337. The van der Waals surface area contributed by atoms with Gasteiger partial charge in [0, 0.05) is 55.1 Å². The van der Waals surface area contributed by atoms with Gasteiger partial charge in [-0.05, 0) is 68.9 Å². The van der Waals surface area contributed by atoms with E-state index in [4.69, 9.17) is 5.10 Å². The highest BCUT2D eigenvalue weighted by Gasteiger charge is 2.31. The largest absolute Gasteiger partial charge is 0.385 e. The molecular weight excluding hydrogens is 516 g/mol. The zero-order chi connectivity index (χ0) is 28.6. The summed E-state index contributed by atoms with van der Waals surface area (Å²) < 4.78 is 3.62. The normalized spacial score (nSPS) is 20.3. The molecule has 1 amide bonds. The van der Waals surface area contributed by atoms with Crippen molar-refractivity contribution in [3.63, 3.8) is 0 Å². The van der Waals surface area contributed by atoms with Crippen molar-refractivity contribution in [1.82, 2.24) is 29.6 Å². The maximum absolute atomic E-state index is 13.5. The number of nitriles is 1. The molecule has 1 saturated heterocycles. The number of fused-ring (bicyclic) bond motifs is 2. The van der Waals surface area contributed by atoms with Crippen molar-refractivity contribution in [2.24, 2.45) is 0 Å². The van der Waals surface area contributed by atoms with E-state index in [1.807, 2.05) is 26.0 Å². The first-order valence-electron chi connectivity index (χ1n) is 14.8. The van der Waals surface area contributed by atoms with E-state index in [2.05, 4.69) is 37.6 Å². The number of amides is 1. The number of aliphatic hydroxyl groups is 1. The summed E-state index contributed by atoms with van der Waals surface area (Å²) in [6, 6.07) is 12.1. The highest BCUT2D eigenvalue weighted by molar-refractivity contribution is 6.05. The van der Waals surface area contributed by atoms with E-state index in [1.165, 1.54) is 23.6 Å². The molecule has 41 heavy (non-hydrogen) atoms. The quantitative estimate of drug-likeness (QED) is 0.313. The second-order valence-electron chi connectivity index (χ2n) is 11.4. The Morgan fingerprint density at radius 1 is 1.12 bits per heavy atom. The number of hydrogen-bond acceptors (Lipinski definition) is 7. The fourth-order valence-electron chi connectivity index (χ4n) is 6.55. The Kier molecular flexibility index (Phi) is 7.51. The van der Waals surface area contributed by atoms with Gasteiger partial charge in [0.15, 0.2) is 0 Å². The number of piperazine rings is 1. The third kappa shape index (κ3) is 5.21. The third-order valence-electron chi connectivity index (χ3n) is 9.15. The van der Waals surface area contributed by atoms with Crippen LogP contribution in [0.25, 0.3) is 16.4 Å². The number of hydrogen-bond donors (Lipinski definition) is 3. The molecule has 4 aromatic rings. The molecule has 10 heteroatoms. The first-order chi connectivity index (χ1) is 19.9. The topological polar surface area (TPSA) is 124 Å². The number of aromatic nitrogens is 4. The molecule has 1 saturated carbocycles. The molecule has 2 fully saturated rings. The molecule has 0 spiro atoms. The number of nitrogens with one attached hydrogen (secondary N) is 2. The first kappa shape index (κ1) is 27.4. The number of carbonyl (C=O) groups is 1. The van der Waals surface area contributed by atoms with Crippen LogP contribution in [0, 0.1) is 11.3 Å². The number of anilines is 1. The Hall–Kier alpha value is -3.78. The van der Waals surface area contributed by atoms with Gasteiger partial charge in [-0.15, -0.1) is 0 Å². The van der Waals surface area contributed by atoms with Crippen LogP contribution >= 0.6 is 0 Å². The zero-order valence-corrected chi connectivity index (χ0v) is 23.8. The van der Waals surface area contributed by atoms with Gasteiger partial charge in [-0.1, -0.05) is 13.8 Å². The lowest BCUT2D eigenvalue weighted by Crippen LogP contribution is -2.49. The van der Waals surface area contributed by atoms with Crippen LogP contribution in [0.15, 0.2) is 42.7 Å². The Balaban J connectivity index is 1.29. The number of nitrogens with zero attached hydrogens (tertiary/aromatic N) is 6. The lowest BCUT2D eigenvalue weighted by atomic mass is 9.86. The Bertz CT molecular complexity index is 1600. The maximum Gasteiger partial charge on any atom is 0.274 e. The van der Waals surface area contributed by atoms with Gasteiger partial charge in [0.2, 0.25) is 0 Å². The van der Waals surface area contributed by atoms with Gasteiger partial charge < -0.3 is 15.7 Å². The molecule has 1 aromatic carbocycles. The molecule has 214 valence electrons. The number of benzene rings is 1. The Morgan fingerprint density at radius 2 is 1.85 bits per heavy atom. The summed E-state index contributed by atoms with van der Waals surface area (Å²) in [6.45, 7) is 8.32. The van der Waals surface area contributed by atoms with Gasteiger partial charge in [-0.3, -0.25) is 14.4 Å². The smallest absolute Gasteiger partial charge is 0.274 e. The molecule has 0 radical (unpaired) electrons. The second kappa shape index (κ2) is 11.2. The molecule has 0 atom stereocenters. The fraction of sp³-hybridized carbons (Fsp3) is 0.484. The van der Waals surface area contributed by atoms with Crippen LogP contribution in [-0.4, -0.2) is 67.5 Å². The summed E-state index contributed by atoms with van der Waals surface area (Å²) in [6.07, 6.45) is 9.06. The SMILES string of the molecule is CCC(O)(CC)c1cc2nn(C3CCC(N4CCNCC4)CC3)cc2cc1NC(=O)c1ccc2cc(C#N)cnn12. The highest BCUT2D eigenvalue weighted by atomic mass is 16.3. The van der Waals surface area contributed by atoms with E-state index >= 15 is 0 Å². The molecule has 6 rings (SSSR count). The van der Waals surface area contributed by atoms with E-state index < -0.39 is 5.60 Å². The van der Waals surface area contributed by atoms with Gasteiger partial charge in [0.05, 0.1) is 34.4 Å². The van der Waals surface area contributed by atoms with Crippen LogP contribution in [0.1, 0.15) is 80.0 Å². The van der Waals surface area contributed by atoms with Crippen molar-refractivity contribution in [2.75, 3.05) is 31.5 Å². The van der Waals surface area contributed by atoms with Crippen LogP contribution in [0.3, 0.4) is 0 Å². The van der Waals surface area contributed by atoms with Crippen molar-refractivity contribution in [3.05, 3.63) is 59.5 Å². The van der Waals surface area contributed by atoms with E-state index in [9.17, 15) is 15.2 Å². The molecule has 3 N–H and O–H groups in total. The second-order valence-corrected chi connectivity index (χ2v) is 11.4. The van der Waals surface area contributed by atoms with Crippen molar-refractivity contribution in [3.8, 4) is 6.07 Å². The standard InChI is InChI=1S/C31H38N8O2/c1-3-31(41,4-2)26-17-27-22(20-38(36-27)24-7-5-23(6-8-24)37-13-11-33-12-14-37)16-28(26)35-30(40)29-10-9-25-15-21(18-32)19-34-39(25)29/h9-10,15-17,19-20,23-24,33,41H,3-8,11-14H2,1-2H3,(H,35,40). The Morgan fingerprint density at radius 3 is 2.56 bits per heavy atom. The number of rotatable bonds is 7. The molecular formula is C31H38N8O2. The van der Waals surface area contributed by atoms with Crippen LogP contribution in [-0.2, 0) is 5.60 Å². The summed E-state index contributed by atoms with van der Waals surface area (Å²) in [4.78, 5) is 16.1. The van der Waals surface area contributed by atoms with Crippen molar-refractivity contribution < 1.29 is 9.90 Å². The summed E-state index contributed by atoms with van der Waals surface area (Å²) in [5, 5.41) is 37.5. The lowest BCUT2D eigenvalue weighted by molar-refractivity contribution is 0.0292. The van der Waals surface area contributed by atoms with Crippen molar-refractivity contribution >= 4 is 28.0 Å². The predicted molar refractivity (Wildman–Crippen MR) is 158 cm³/mol. The summed E-state index contributed by atoms with van der Waals surface area (Å²) in [7, 11) is 0. The molecule has 0 unspecified atom stereocenters. The molecule has 3 aromatic heterocycles. The monoisotopic (exact) mass is 554 g/mol. The van der Waals surface area contributed by atoms with Crippen molar-refractivity contribution in [2.45, 2.75) is 70.1 Å². The van der Waals surface area contributed by atoms with Gasteiger partial charge >= 0.3 is 0 Å². The van der Waals surface area contributed by atoms with Crippen LogP contribution in [0.2, 0.25) is 0 Å². The van der Waals surface area contributed by atoms with Gasteiger partial charge in [0.1, 0.15) is 11.8 Å². The van der Waals surface area contributed by atoms with Crippen LogP contribution < -0.4 is 10.6 Å². The van der Waals surface area contributed by atoms with Gasteiger partial charge in [-0.2, -0.15) is 15.5 Å². The van der Waals surface area contributed by atoms with E-state index in [1.54, 1.807) is 18.2 Å². The van der Waals surface area contributed by atoms with Gasteiger partial charge in [0.25, 0.3) is 5.91 Å². The minimum Gasteiger partial charge on any atom is -0.385 e. The molecule has 0 bridgehead atoms. The zero-order valence-electron chi connectivity index (χ0n) is 23.8. The molecule has 10 nitrogen and oxygen atoms in total. The van der Waals surface area contributed by atoms with Crippen LogP contribution in [0.5, 0.6) is 0 Å². The Labute approximate surface area is 239 Å². The first-order valence-corrected chi connectivity index (χ1v) is 14.8. The lowest BCUT2D eigenvalue weighted by Gasteiger charge is -2.39. The van der Waals surface area contributed by atoms with Gasteiger partial charge in [-0.25, -0.2) is 4.52 Å². The molecule has 4 heterocycles. The average molecular weight is 555 g/mol. The van der Waals surface area contributed by atoms with Crippen LogP contribution in [0.4, 0.5) is 5.69 Å². The molecule has 1 aliphatic heterocycles.